The van der Waals surface area contributed by atoms with Crippen molar-refractivity contribution in [1.82, 2.24) is 20.2 Å². The van der Waals surface area contributed by atoms with Crippen LogP contribution in [-0.4, -0.2) is 50.4 Å². The van der Waals surface area contributed by atoms with Crippen LogP contribution in [0.1, 0.15) is 77.0 Å². The van der Waals surface area contributed by atoms with Gasteiger partial charge >= 0.3 is 0 Å². The molecule has 4 aliphatic rings. The number of nitrogens with zero attached hydrogens (tertiary/aromatic N) is 4. The highest BCUT2D eigenvalue weighted by atomic mass is 16.5. The van der Waals surface area contributed by atoms with Gasteiger partial charge in [0.05, 0.1) is 12.2 Å². The molecule has 5 rings (SSSR count). The fourth-order valence-electron chi connectivity index (χ4n) is 8.73. The molecule has 0 aromatic carbocycles. The third-order valence-corrected chi connectivity index (χ3v) is 10.00. The van der Waals surface area contributed by atoms with Crippen molar-refractivity contribution in [3.8, 4) is 0 Å². The molecule has 7 heteroatoms. The van der Waals surface area contributed by atoms with Crippen molar-refractivity contribution in [3.05, 3.63) is 5.82 Å². The Labute approximate surface area is 191 Å². The molecule has 0 radical (unpaired) electrons. The number of ketones is 1. The van der Waals surface area contributed by atoms with Crippen molar-refractivity contribution in [2.24, 2.45) is 40.9 Å². The predicted molar refractivity (Wildman–Crippen MR) is 120 cm³/mol. The highest BCUT2D eigenvalue weighted by Gasteiger charge is 2.57. The van der Waals surface area contributed by atoms with E-state index in [-0.39, 0.29) is 17.9 Å². The molecule has 8 atom stereocenters. The van der Waals surface area contributed by atoms with Gasteiger partial charge in [-0.3, -0.25) is 4.79 Å². The number of Topliss-reactive ketones (excluding diaryl/α,β-unsaturated/α-hetero) is 1. The maximum Gasteiger partial charge on any atom is 0.171 e. The van der Waals surface area contributed by atoms with Crippen molar-refractivity contribution in [3.63, 3.8) is 0 Å². The Morgan fingerprint density at radius 3 is 2.69 bits per heavy atom. The summed E-state index contributed by atoms with van der Waals surface area (Å²) in [6.45, 7) is 4.95. The molecular weight excluding hydrogens is 404 g/mol. The van der Waals surface area contributed by atoms with Gasteiger partial charge in [-0.05, 0) is 105 Å². The molecule has 1 N–H and O–H groups in total. The smallest absolute Gasteiger partial charge is 0.171 e. The van der Waals surface area contributed by atoms with Crippen LogP contribution in [0.4, 0.5) is 0 Å². The average molecular weight is 445 g/mol. The number of hydrogen-bond donors (Lipinski definition) is 1. The summed E-state index contributed by atoms with van der Waals surface area (Å²) >= 11 is 0. The molecule has 0 bridgehead atoms. The number of ether oxygens (including phenoxy) is 1. The lowest BCUT2D eigenvalue weighted by Gasteiger charge is -2.60. The van der Waals surface area contributed by atoms with Crippen molar-refractivity contribution in [1.29, 1.82) is 0 Å². The summed E-state index contributed by atoms with van der Waals surface area (Å²) in [5.74, 6) is 4.57. The zero-order valence-electron chi connectivity index (χ0n) is 20.0. The molecule has 0 aliphatic heterocycles. The zero-order chi connectivity index (χ0) is 22.5. The van der Waals surface area contributed by atoms with E-state index in [9.17, 15) is 9.90 Å². The Hall–Kier alpha value is -1.34. The molecule has 4 saturated carbocycles. The van der Waals surface area contributed by atoms with E-state index in [1.165, 1.54) is 30.5 Å². The van der Waals surface area contributed by atoms with Crippen LogP contribution < -0.4 is 0 Å². The molecule has 7 nitrogen and oxygen atoms in total. The van der Waals surface area contributed by atoms with Gasteiger partial charge in [0.1, 0.15) is 6.54 Å². The summed E-state index contributed by atoms with van der Waals surface area (Å²) in [6.07, 6.45) is 11.2. The third-order valence-electron chi connectivity index (χ3n) is 10.00. The highest BCUT2D eigenvalue weighted by Crippen LogP contribution is 2.63. The van der Waals surface area contributed by atoms with Gasteiger partial charge in [0.2, 0.25) is 0 Å². The van der Waals surface area contributed by atoms with Gasteiger partial charge in [-0.25, -0.2) is 0 Å². The number of methoxy groups -OCH3 is 1. The molecular formula is C25H40N4O3. The summed E-state index contributed by atoms with van der Waals surface area (Å²) in [5.41, 5.74) is -0.521. The number of aryl methyl sites for hydroxylation is 1. The second kappa shape index (κ2) is 8.46. The Kier molecular flexibility index (Phi) is 5.94. The maximum atomic E-state index is 13.4. The molecule has 32 heavy (non-hydrogen) atoms. The summed E-state index contributed by atoms with van der Waals surface area (Å²) in [4.78, 5) is 14.9. The molecule has 0 unspecified atom stereocenters. The van der Waals surface area contributed by atoms with Crippen molar-refractivity contribution >= 4 is 5.78 Å². The van der Waals surface area contributed by atoms with Crippen LogP contribution in [-0.2, 0) is 16.1 Å². The van der Waals surface area contributed by atoms with E-state index in [0.717, 1.165) is 56.3 Å². The minimum absolute atomic E-state index is 0.102. The van der Waals surface area contributed by atoms with Crippen LogP contribution in [0.15, 0.2) is 0 Å². The molecule has 1 heterocycles. The minimum atomic E-state index is -0.623. The standard InChI is InChI=1S/C25H40N4O3/c1-16-26-28-29(27-16)14-23(30)22-6-4-5-21-20-8-7-17-13-25(31,15-32-3)12-10-18(17)19(20)9-11-24(21,22)2/h17-22,31H,4-15H2,1-3H3/t17-,18-,19+,20+,21-,22+,24-,25+/m0/s1. The van der Waals surface area contributed by atoms with Gasteiger partial charge in [0.25, 0.3) is 0 Å². The van der Waals surface area contributed by atoms with Gasteiger partial charge in [-0.15, -0.1) is 10.2 Å². The van der Waals surface area contributed by atoms with E-state index in [2.05, 4.69) is 22.3 Å². The number of hydrogen-bond acceptors (Lipinski definition) is 6. The lowest BCUT2D eigenvalue weighted by molar-refractivity contribution is -0.153. The largest absolute Gasteiger partial charge is 0.387 e. The summed E-state index contributed by atoms with van der Waals surface area (Å²) in [7, 11) is 1.70. The molecule has 1 aromatic rings. The first kappa shape index (κ1) is 22.5. The van der Waals surface area contributed by atoms with Gasteiger partial charge in [0.15, 0.2) is 11.6 Å². The SMILES string of the molecule is COC[C@@]1(O)CC[C@H]2[C@@H](CC[C@@H]3[C@@H]2CC[C@]2(C)[C@@H](C(=O)Cn4nnc(C)n4)CCC[C@@H]32)C1. The number of rotatable bonds is 5. The first-order valence-corrected chi connectivity index (χ1v) is 12.8. The van der Waals surface area contributed by atoms with E-state index < -0.39 is 5.60 Å². The topological polar surface area (TPSA) is 90.1 Å². The fraction of sp³-hybridized carbons (Fsp3) is 0.920. The quantitative estimate of drug-likeness (QED) is 0.746. The van der Waals surface area contributed by atoms with Gasteiger partial charge in [-0.1, -0.05) is 13.3 Å². The molecule has 0 amide bonds. The summed E-state index contributed by atoms with van der Waals surface area (Å²) in [5, 5.41) is 23.2. The normalized spacial score (nSPS) is 43.8. The van der Waals surface area contributed by atoms with Crippen molar-refractivity contribution in [2.45, 2.75) is 90.2 Å². The Morgan fingerprint density at radius 2 is 1.94 bits per heavy atom. The highest BCUT2D eigenvalue weighted by molar-refractivity contribution is 5.81. The molecule has 178 valence electrons. The van der Waals surface area contributed by atoms with Crippen molar-refractivity contribution in [2.75, 3.05) is 13.7 Å². The average Bonchev–Trinajstić information content (AvgIpc) is 3.16. The second-order valence-electron chi connectivity index (χ2n) is 11.7. The van der Waals surface area contributed by atoms with Gasteiger partial charge in [0, 0.05) is 13.0 Å². The monoisotopic (exact) mass is 444 g/mol. The van der Waals surface area contributed by atoms with E-state index in [1.807, 2.05) is 6.92 Å². The zero-order valence-corrected chi connectivity index (χ0v) is 20.0. The molecule has 0 spiro atoms. The van der Waals surface area contributed by atoms with E-state index in [0.29, 0.717) is 30.1 Å². The Bertz CT molecular complexity index is 843. The van der Waals surface area contributed by atoms with Gasteiger partial charge < -0.3 is 9.84 Å². The van der Waals surface area contributed by atoms with Crippen molar-refractivity contribution < 1.29 is 14.6 Å². The van der Waals surface area contributed by atoms with Crippen LogP contribution in [0, 0.1) is 47.8 Å². The molecule has 4 aliphatic carbocycles. The molecule has 0 saturated heterocycles. The lowest BCUT2D eigenvalue weighted by Crippen LogP contribution is -2.55. The summed E-state index contributed by atoms with van der Waals surface area (Å²) < 4.78 is 5.34. The minimum Gasteiger partial charge on any atom is -0.387 e. The van der Waals surface area contributed by atoms with E-state index in [1.54, 1.807) is 7.11 Å². The molecule has 4 fully saturated rings. The van der Waals surface area contributed by atoms with Crippen LogP contribution in [0.5, 0.6) is 0 Å². The van der Waals surface area contributed by atoms with Crippen LogP contribution in [0.2, 0.25) is 0 Å². The summed E-state index contributed by atoms with van der Waals surface area (Å²) in [6, 6.07) is 0. The second-order valence-corrected chi connectivity index (χ2v) is 11.7. The fourth-order valence-corrected chi connectivity index (χ4v) is 8.73. The molecule has 1 aromatic heterocycles. The number of aromatic nitrogens is 4. The van der Waals surface area contributed by atoms with Crippen LogP contribution in [0.3, 0.4) is 0 Å². The number of carbonyl (C=O) groups is 1. The van der Waals surface area contributed by atoms with Crippen LogP contribution in [0.25, 0.3) is 0 Å². The first-order valence-electron chi connectivity index (χ1n) is 12.8. The van der Waals surface area contributed by atoms with E-state index in [4.69, 9.17) is 4.74 Å². The lowest BCUT2D eigenvalue weighted by atomic mass is 9.44. The number of fused-ring (bicyclic) bond motifs is 5. The Morgan fingerprint density at radius 1 is 1.12 bits per heavy atom. The number of aliphatic hydroxyl groups is 1. The predicted octanol–water partition coefficient (Wildman–Crippen LogP) is 3.59. The van der Waals surface area contributed by atoms with E-state index >= 15 is 0 Å². The first-order chi connectivity index (χ1) is 15.3. The van der Waals surface area contributed by atoms with Crippen LogP contribution >= 0.6 is 0 Å². The maximum absolute atomic E-state index is 13.4. The van der Waals surface area contributed by atoms with Gasteiger partial charge in [-0.2, -0.15) is 4.80 Å². The Balaban J connectivity index is 1.31. The number of tetrazole rings is 1. The number of carbonyl (C=O) groups excluding carboxylic acids is 1. The third kappa shape index (κ3) is 3.83.